The Morgan fingerprint density at radius 1 is 1.28 bits per heavy atom. The number of aryl methyl sites for hydroxylation is 1. The maximum atomic E-state index is 12.0. The Hall–Kier alpha value is -0.910. The molecule has 2 rings (SSSR count). The lowest BCUT2D eigenvalue weighted by atomic mass is 10.2. The molecule has 0 unspecified atom stereocenters. The summed E-state index contributed by atoms with van der Waals surface area (Å²) in [6.07, 6.45) is 1.58. The largest absolute Gasteiger partial charge is 0.320 e. The van der Waals surface area contributed by atoms with Crippen LogP contribution in [0.3, 0.4) is 0 Å². The van der Waals surface area contributed by atoms with Crippen LogP contribution in [-0.4, -0.2) is 19.0 Å². The molecule has 0 aliphatic heterocycles. The zero-order valence-corrected chi connectivity index (χ0v) is 12.0. The molecule has 0 bridgehead atoms. The SMILES string of the molecule is Cn1cnnc1C[S@@](=O)Cc1c(Cl)cccc1Cl. The zero-order valence-electron chi connectivity index (χ0n) is 9.64. The molecule has 18 heavy (non-hydrogen) atoms. The first kappa shape index (κ1) is 13.5. The van der Waals surface area contributed by atoms with E-state index < -0.39 is 10.8 Å². The van der Waals surface area contributed by atoms with E-state index >= 15 is 0 Å². The molecule has 4 nitrogen and oxygen atoms in total. The van der Waals surface area contributed by atoms with Gasteiger partial charge in [0.2, 0.25) is 0 Å². The summed E-state index contributed by atoms with van der Waals surface area (Å²) < 4.78 is 13.8. The maximum Gasteiger partial charge on any atom is 0.145 e. The summed E-state index contributed by atoms with van der Waals surface area (Å²) in [6.45, 7) is 0. The quantitative estimate of drug-likeness (QED) is 0.872. The summed E-state index contributed by atoms with van der Waals surface area (Å²) in [7, 11) is 0.691. The minimum atomic E-state index is -1.12. The van der Waals surface area contributed by atoms with E-state index in [0.717, 1.165) is 0 Å². The normalized spacial score (nSPS) is 12.6. The van der Waals surface area contributed by atoms with Crippen molar-refractivity contribution < 1.29 is 4.21 Å². The van der Waals surface area contributed by atoms with Crippen molar-refractivity contribution in [1.29, 1.82) is 0 Å². The van der Waals surface area contributed by atoms with Gasteiger partial charge in [-0.25, -0.2) is 0 Å². The Labute approximate surface area is 117 Å². The summed E-state index contributed by atoms with van der Waals surface area (Å²) in [4.78, 5) is 0. The van der Waals surface area contributed by atoms with Crippen molar-refractivity contribution in [3.63, 3.8) is 0 Å². The third-order valence-electron chi connectivity index (χ3n) is 2.46. The number of aromatic nitrogens is 3. The highest BCUT2D eigenvalue weighted by molar-refractivity contribution is 7.83. The molecular weight excluding hydrogens is 293 g/mol. The number of hydrogen-bond acceptors (Lipinski definition) is 3. The molecular formula is C11H11Cl2N3OS. The van der Waals surface area contributed by atoms with Gasteiger partial charge >= 0.3 is 0 Å². The maximum absolute atomic E-state index is 12.0. The van der Waals surface area contributed by atoms with Crippen LogP contribution in [0.1, 0.15) is 11.4 Å². The molecule has 1 aromatic heterocycles. The van der Waals surface area contributed by atoms with Gasteiger partial charge in [0.25, 0.3) is 0 Å². The number of hydrogen-bond donors (Lipinski definition) is 0. The Bertz CT molecular complexity index is 565. The van der Waals surface area contributed by atoms with Crippen LogP contribution in [0.5, 0.6) is 0 Å². The first-order valence-electron chi connectivity index (χ1n) is 5.18. The summed E-state index contributed by atoms with van der Waals surface area (Å²) in [5.41, 5.74) is 0.710. The van der Waals surface area contributed by atoms with Crippen LogP contribution in [0, 0.1) is 0 Å². The van der Waals surface area contributed by atoms with Gasteiger partial charge in [-0.3, -0.25) is 4.21 Å². The minimum absolute atomic E-state index is 0.311. The second-order valence-electron chi connectivity index (χ2n) is 3.79. The molecule has 0 saturated heterocycles. The smallest absolute Gasteiger partial charge is 0.145 e. The molecule has 0 saturated carbocycles. The van der Waals surface area contributed by atoms with Crippen LogP contribution < -0.4 is 0 Å². The number of nitrogens with zero attached hydrogens (tertiary/aromatic N) is 3. The molecule has 1 heterocycles. The molecule has 0 N–H and O–H groups in total. The first-order chi connectivity index (χ1) is 8.58. The van der Waals surface area contributed by atoms with Crippen LogP contribution in [0.25, 0.3) is 0 Å². The van der Waals surface area contributed by atoms with E-state index in [1.165, 1.54) is 0 Å². The predicted molar refractivity (Wildman–Crippen MR) is 73.0 cm³/mol. The molecule has 0 aliphatic rings. The molecule has 1 aromatic carbocycles. The van der Waals surface area contributed by atoms with Gasteiger partial charge in [-0.1, -0.05) is 29.3 Å². The van der Waals surface area contributed by atoms with Gasteiger partial charge in [-0.05, 0) is 12.1 Å². The van der Waals surface area contributed by atoms with Gasteiger partial charge in [0.15, 0.2) is 0 Å². The molecule has 0 aliphatic carbocycles. The number of halogens is 2. The molecule has 7 heteroatoms. The average molecular weight is 304 g/mol. The van der Waals surface area contributed by atoms with Gasteiger partial charge < -0.3 is 4.57 Å². The topological polar surface area (TPSA) is 47.8 Å². The second kappa shape index (κ2) is 5.82. The highest BCUT2D eigenvalue weighted by Crippen LogP contribution is 2.25. The van der Waals surface area contributed by atoms with Gasteiger partial charge in [0.05, 0.1) is 11.5 Å². The number of benzene rings is 1. The molecule has 0 spiro atoms. The van der Waals surface area contributed by atoms with E-state index in [0.29, 0.717) is 32.9 Å². The van der Waals surface area contributed by atoms with Crippen molar-refractivity contribution in [3.05, 3.63) is 46.0 Å². The summed E-state index contributed by atoms with van der Waals surface area (Å²) in [6, 6.07) is 5.24. The minimum Gasteiger partial charge on any atom is -0.320 e. The Balaban J connectivity index is 2.10. The van der Waals surface area contributed by atoms with Crippen molar-refractivity contribution in [3.8, 4) is 0 Å². The lowest BCUT2D eigenvalue weighted by molar-refractivity contribution is 0.679. The van der Waals surface area contributed by atoms with Crippen LogP contribution in [0.4, 0.5) is 0 Å². The molecule has 2 aromatic rings. The molecule has 96 valence electrons. The highest BCUT2D eigenvalue weighted by Gasteiger charge is 2.12. The van der Waals surface area contributed by atoms with E-state index in [2.05, 4.69) is 10.2 Å². The molecule has 0 fully saturated rings. The van der Waals surface area contributed by atoms with E-state index in [9.17, 15) is 4.21 Å². The van der Waals surface area contributed by atoms with Crippen molar-refractivity contribution in [1.82, 2.24) is 14.8 Å². The lowest BCUT2D eigenvalue weighted by Gasteiger charge is -2.06. The predicted octanol–water partition coefficient (Wildman–Crippen LogP) is 2.57. The van der Waals surface area contributed by atoms with Crippen LogP contribution >= 0.6 is 23.2 Å². The fourth-order valence-electron chi connectivity index (χ4n) is 1.46. The monoisotopic (exact) mass is 303 g/mol. The van der Waals surface area contributed by atoms with E-state index in [1.807, 2.05) is 7.05 Å². The third-order valence-corrected chi connectivity index (χ3v) is 4.36. The van der Waals surface area contributed by atoms with Gasteiger partial charge in [0, 0.05) is 33.5 Å². The van der Waals surface area contributed by atoms with Crippen LogP contribution in [0.2, 0.25) is 10.0 Å². The number of rotatable bonds is 4. The second-order valence-corrected chi connectivity index (χ2v) is 6.06. The highest BCUT2D eigenvalue weighted by atomic mass is 35.5. The van der Waals surface area contributed by atoms with E-state index in [4.69, 9.17) is 23.2 Å². The van der Waals surface area contributed by atoms with Crippen molar-refractivity contribution in [2.75, 3.05) is 0 Å². The van der Waals surface area contributed by atoms with Crippen molar-refractivity contribution in [2.24, 2.45) is 7.05 Å². The fourth-order valence-corrected chi connectivity index (χ4v) is 3.44. The average Bonchev–Trinajstić information content (AvgIpc) is 2.70. The van der Waals surface area contributed by atoms with Gasteiger partial charge in [0.1, 0.15) is 12.2 Å². The van der Waals surface area contributed by atoms with E-state index in [-0.39, 0.29) is 0 Å². The Morgan fingerprint density at radius 2 is 1.94 bits per heavy atom. The van der Waals surface area contributed by atoms with Crippen LogP contribution in [0.15, 0.2) is 24.5 Å². The zero-order chi connectivity index (χ0) is 13.1. The van der Waals surface area contributed by atoms with Crippen LogP contribution in [-0.2, 0) is 29.4 Å². The summed E-state index contributed by atoms with van der Waals surface area (Å²) in [5, 5.41) is 8.71. The first-order valence-corrected chi connectivity index (χ1v) is 7.43. The van der Waals surface area contributed by atoms with Gasteiger partial charge in [-0.2, -0.15) is 0 Å². The Morgan fingerprint density at radius 3 is 2.50 bits per heavy atom. The summed E-state index contributed by atoms with van der Waals surface area (Å²) >= 11 is 12.1. The molecule has 0 amide bonds. The molecule has 1 atom stereocenters. The van der Waals surface area contributed by atoms with Gasteiger partial charge in [-0.15, -0.1) is 10.2 Å². The molecule has 0 radical (unpaired) electrons. The lowest BCUT2D eigenvalue weighted by Crippen LogP contribution is -2.05. The fraction of sp³-hybridized carbons (Fsp3) is 0.273. The summed E-state index contributed by atoms with van der Waals surface area (Å²) in [5.74, 6) is 1.32. The third kappa shape index (κ3) is 3.10. The van der Waals surface area contributed by atoms with Crippen molar-refractivity contribution in [2.45, 2.75) is 11.5 Å². The van der Waals surface area contributed by atoms with E-state index in [1.54, 1.807) is 29.1 Å². The standard InChI is InChI=1S/C11H11Cl2N3OS/c1-16-7-14-15-11(16)6-18(17)5-8-9(12)3-2-4-10(8)13/h2-4,7H,5-6H2,1H3/t18-/m0/s1. The Kier molecular flexibility index (Phi) is 4.37. The van der Waals surface area contributed by atoms with Crippen molar-refractivity contribution >= 4 is 34.0 Å².